The minimum absolute atomic E-state index is 0.0114. The van der Waals surface area contributed by atoms with Gasteiger partial charge in [-0.1, -0.05) is 13.8 Å². The fraction of sp³-hybridized carbons (Fsp3) is 0.812. The Morgan fingerprint density at radius 3 is 2.69 bits per heavy atom. The molecule has 0 aromatic rings. The standard InChI is InChI=1S/C16H27N2O9PS/c1-10-12(29-8-18-10)15(21)24-9-26-28(22)25-7-16(2,3)13(27-28)14(20)17-6-5-11(19)23-4/h10,12-13,18H,5-9H2,1-4H3,(H,17,20)/t10?,12?,13-,28?/m0/s1. The third-order valence-electron chi connectivity index (χ3n) is 4.40. The molecule has 0 spiro atoms. The number of hydrogen-bond acceptors (Lipinski definition) is 11. The van der Waals surface area contributed by atoms with Crippen molar-refractivity contribution in [1.82, 2.24) is 10.6 Å². The summed E-state index contributed by atoms with van der Waals surface area (Å²) >= 11 is 1.40. The predicted molar refractivity (Wildman–Crippen MR) is 103 cm³/mol. The number of phosphoric acid groups is 1. The maximum Gasteiger partial charge on any atom is 0.478 e. The summed E-state index contributed by atoms with van der Waals surface area (Å²) in [6, 6.07) is -0.0513. The molecular formula is C16H27N2O9PS. The number of carbonyl (C=O) groups is 3. The van der Waals surface area contributed by atoms with Gasteiger partial charge in [0.25, 0.3) is 0 Å². The molecule has 2 saturated heterocycles. The van der Waals surface area contributed by atoms with E-state index in [1.807, 2.05) is 6.92 Å². The van der Waals surface area contributed by atoms with Crippen LogP contribution in [0.25, 0.3) is 0 Å². The molecule has 1 amide bonds. The predicted octanol–water partition coefficient (Wildman–Crippen LogP) is 0.784. The molecule has 2 N–H and O–H groups in total. The van der Waals surface area contributed by atoms with Gasteiger partial charge in [-0.05, 0) is 6.92 Å². The summed E-state index contributed by atoms with van der Waals surface area (Å²) < 4.78 is 37.8. The quantitative estimate of drug-likeness (QED) is 0.306. The summed E-state index contributed by atoms with van der Waals surface area (Å²) in [5, 5.41) is 5.24. The molecule has 4 atom stereocenters. The van der Waals surface area contributed by atoms with Gasteiger partial charge in [0.2, 0.25) is 12.7 Å². The second kappa shape index (κ2) is 10.2. The molecule has 0 aromatic heterocycles. The molecule has 3 unspecified atom stereocenters. The van der Waals surface area contributed by atoms with Crippen molar-refractivity contribution in [3.63, 3.8) is 0 Å². The molecule has 13 heteroatoms. The van der Waals surface area contributed by atoms with Gasteiger partial charge >= 0.3 is 19.8 Å². The van der Waals surface area contributed by atoms with E-state index < -0.39 is 44.0 Å². The van der Waals surface area contributed by atoms with E-state index in [2.05, 4.69) is 15.4 Å². The summed E-state index contributed by atoms with van der Waals surface area (Å²) in [5.74, 6) is -0.911. The Labute approximate surface area is 173 Å². The number of ether oxygens (including phenoxy) is 2. The van der Waals surface area contributed by atoms with Crippen LogP contribution in [0.1, 0.15) is 27.2 Å². The number of hydrogen-bond donors (Lipinski definition) is 2. The van der Waals surface area contributed by atoms with Crippen LogP contribution in [0.5, 0.6) is 0 Å². The minimum Gasteiger partial charge on any atom is -0.469 e. The number of phosphoric ester groups is 1. The summed E-state index contributed by atoms with van der Waals surface area (Å²) in [5.41, 5.74) is -0.801. The number of methoxy groups -OCH3 is 1. The number of nitrogens with one attached hydrogen (secondary N) is 2. The first-order valence-electron chi connectivity index (χ1n) is 9.01. The normalized spacial score (nSPS) is 31.1. The van der Waals surface area contributed by atoms with Crippen molar-refractivity contribution >= 4 is 37.4 Å². The lowest BCUT2D eigenvalue weighted by Gasteiger charge is -2.39. The molecule has 0 saturated carbocycles. The van der Waals surface area contributed by atoms with Gasteiger partial charge in [0.05, 0.1) is 20.1 Å². The van der Waals surface area contributed by atoms with E-state index in [1.165, 1.54) is 18.9 Å². The third kappa shape index (κ3) is 6.66. The zero-order chi connectivity index (χ0) is 21.7. The number of rotatable bonds is 8. The highest BCUT2D eigenvalue weighted by Crippen LogP contribution is 2.57. The molecule has 0 bridgehead atoms. The summed E-state index contributed by atoms with van der Waals surface area (Å²) in [4.78, 5) is 35.6. The molecule has 2 fully saturated rings. The lowest BCUT2D eigenvalue weighted by Crippen LogP contribution is -2.50. The average Bonchev–Trinajstić information content (AvgIpc) is 3.09. The molecule has 11 nitrogen and oxygen atoms in total. The van der Waals surface area contributed by atoms with Crippen LogP contribution < -0.4 is 10.6 Å². The smallest absolute Gasteiger partial charge is 0.469 e. The van der Waals surface area contributed by atoms with Gasteiger partial charge < -0.3 is 20.1 Å². The van der Waals surface area contributed by atoms with Crippen LogP contribution in [0.4, 0.5) is 0 Å². The van der Waals surface area contributed by atoms with E-state index in [1.54, 1.807) is 13.8 Å². The van der Waals surface area contributed by atoms with Gasteiger partial charge in [0.1, 0.15) is 5.25 Å². The van der Waals surface area contributed by atoms with E-state index >= 15 is 0 Å². The largest absolute Gasteiger partial charge is 0.478 e. The van der Waals surface area contributed by atoms with Gasteiger partial charge in [-0.25, -0.2) is 9.09 Å². The summed E-state index contributed by atoms with van der Waals surface area (Å²) in [7, 11) is -2.87. The number of thioether (sulfide) groups is 1. The van der Waals surface area contributed by atoms with Gasteiger partial charge in [-0.2, -0.15) is 0 Å². The van der Waals surface area contributed by atoms with E-state index in [9.17, 15) is 18.9 Å². The third-order valence-corrected chi connectivity index (χ3v) is 7.03. The second-order valence-electron chi connectivity index (χ2n) is 7.25. The van der Waals surface area contributed by atoms with E-state index in [4.69, 9.17) is 18.3 Å². The molecule has 166 valence electrons. The van der Waals surface area contributed by atoms with Crippen molar-refractivity contribution in [3.8, 4) is 0 Å². The van der Waals surface area contributed by atoms with Crippen LogP contribution in [0.2, 0.25) is 0 Å². The highest BCUT2D eigenvalue weighted by molar-refractivity contribution is 8.00. The molecule has 0 aromatic carbocycles. The summed E-state index contributed by atoms with van der Waals surface area (Å²) in [6.45, 7) is 4.59. The van der Waals surface area contributed by atoms with Crippen LogP contribution in [-0.4, -0.2) is 68.2 Å². The van der Waals surface area contributed by atoms with Gasteiger partial charge in [-0.3, -0.25) is 23.4 Å². The maximum absolute atomic E-state index is 12.7. The fourth-order valence-corrected chi connectivity index (χ4v) is 5.24. The second-order valence-corrected chi connectivity index (χ2v) is 10.00. The van der Waals surface area contributed by atoms with Crippen LogP contribution in [-0.2, 0) is 42.0 Å². The first-order valence-corrected chi connectivity index (χ1v) is 11.5. The lowest BCUT2D eigenvalue weighted by atomic mass is 9.87. The molecule has 2 rings (SSSR count). The van der Waals surface area contributed by atoms with E-state index in [-0.39, 0.29) is 30.9 Å². The van der Waals surface area contributed by atoms with Gasteiger partial charge in [0.15, 0.2) is 6.10 Å². The Kier molecular flexibility index (Phi) is 8.50. The molecule has 2 heterocycles. The number of esters is 2. The molecule has 2 aliphatic heterocycles. The van der Waals surface area contributed by atoms with Crippen molar-refractivity contribution in [2.24, 2.45) is 5.41 Å². The Morgan fingerprint density at radius 2 is 2.07 bits per heavy atom. The van der Waals surface area contributed by atoms with Crippen LogP contribution in [0.3, 0.4) is 0 Å². The molecule has 29 heavy (non-hydrogen) atoms. The van der Waals surface area contributed by atoms with Crippen LogP contribution >= 0.6 is 19.6 Å². The Bertz CT molecular complexity index is 675. The SMILES string of the molecule is COC(=O)CCNC(=O)[C@@H]1OP(=O)(OCOC(=O)C2SCNC2C)OCC1(C)C. The maximum atomic E-state index is 12.7. The van der Waals surface area contributed by atoms with Crippen molar-refractivity contribution in [2.75, 3.05) is 32.9 Å². The lowest BCUT2D eigenvalue weighted by molar-refractivity contribution is -0.155. The zero-order valence-electron chi connectivity index (χ0n) is 16.8. The highest BCUT2D eigenvalue weighted by atomic mass is 32.2. The van der Waals surface area contributed by atoms with Crippen molar-refractivity contribution < 1.29 is 42.0 Å². The van der Waals surface area contributed by atoms with Gasteiger partial charge in [-0.15, -0.1) is 11.8 Å². The van der Waals surface area contributed by atoms with Crippen molar-refractivity contribution in [3.05, 3.63) is 0 Å². The molecule has 0 radical (unpaired) electrons. The molecule has 0 aliphatic carbocycles. The fourth-order valence-electron chi connectivity index (χ4n) is 2.60. The minimum atomic E-state index is -4.12. The van der Waals surface area contributed by atoms with Gasteiger partial charge in [0, 0.05) is 23.9 Å². The topological polar surface area (TPSA) is 138 Å². The monoisotopic (exact) mass is 454 g/mol. The highest BCUT2D eigenvalue weighted by Gasteiger charge is 2.49. The van der Waals surface area contributed by atoms with E-state index in [0.717, 1.165) is 0 Å². The van der Waals surface area contributed by atoms with Crippen LogP contribution in [0.15, 0.2) is 0 Å². The molecule has 2 aliphatic rings. The van der Waals surface area contributed by atoms with Crippen LogP contribution in [0, 0.1) is 5.41 Å². The Hall–Kier alpha value is -1.17. The summed E-state index contributed by atoms with van der Waals surface area (Å²) in [6.07, 6.45) is -1.16. The Morgan fingerprint density at radius 1 is 1.34 bits per heavy atom. The zero-order valence-corrected chi connectivity index (χ0v) is 18.5. The first kappa shape index (κ1) is 24.1. The average molecular weight is 454 g/mol. The number of carbonyl (C=O) groups excluding carboxylic acids is 3. The first-order chi connectivity index (χ1) is 13.6. The number of amides is 1. The Balaban J connectivity index is 1.87. The van der Waals surface area contributed by atoms with Crippen molar-refractivity contribution in [1.29, 1.82) is 0 Å². The van der Waals surface area contributed by atoms with E-state index in [0.29, 0.717) is 5.88 Å². The van der Waals surface area contributed by atoms with Crippen molar-refractivity contribution in [2.45, 2.75) is 44.6 Å². The molecular weight excluding hydrogens is 427 g/mol.